The fourth-order valence-electron chi connectivity index (χ4n) is 1.98. The number of hydrogen-bond donors (Lipinski definition) is 2. The normalized spacial score (nSPS) is 11.4. The third kappa shape index (κ3) is 9.73. The van der Waals surface area contributed by atoms with Gasteiger partial charge in [0.1, 0.15) is 9.84 Å². The number of guanidine groups is 1. The van der Waals surface area contributed by atoms with E-state index in [9.17, 15) is 8.42 Å². The van der Waals surface area contributed by atoms with Crippen molar-refractivity contribution >= 4 is 45.5 Å². The lowest BCUT2D eigenvalue weighted by molar-refractivity contribution is 0.311. The number of sulfone groups is 1. The highest BCUT2D eigenvalue weighted by Gasteiger charge is 2.07. The molecule has 0 aliphatic heterocycles. The van der Waals surface area contributed by atoms with Gasteiger partial charge in [0.15, 0.2) is 17.5 Å². The van der Waals surface area contributed by atoms with Crippen molar-refractivity contribution < 1.29 is 17.9 Å². The van der Waals surface area contributed by atoms with Gasteiger partial charge < -0.3 is 20.1 Å². The number of aliphatic imine (C=N–C) groups is 1. The molecule has 0 bridgehead atoms. The van der Waals surface area contributed by atoms with Crippen molar-refractivity contribution in [3.63, 3.8) is 0 Å². The largest absolute Gasteiger partial charge is 0.493 e. The molecule has 7 nitrogen and oxygen atoms in total. The fourth-order valence-corrected chi connectivity index (χ4v) is 2.63. The Morgan fingerprint density at radius 3 is 2.52 bits per heavy atom. The van der Waals surface area contributed by atoms with Crippen LogP contribution in [0.25, 0.3) is 0 Å². The number of nitrogens with one attached hydrogen (secondary N) is 2. The van der Waals surface area contributed by atoms with Gasteiger partial charge in [-0.05, 0) is 32.4 Å². The Morgan fingerprint density at radius 1 is 1.24 bits per heavy atom. The molecule has 0 saturated heterocycles. The maximum absolute atomic E-state index is 11.1. The lowest BCUT2D eigenvalue weighted by atomic mass is 10.2. The van der Waals surface area contributed by atoms with E-state index in [1.54, 1.807) is 7.11 Å². The molecule has 0 radical (unpaired) electrons. The zero-order chi connectivity index (χ0) is 18.0. The number of ether oxygens (including phenoxy) is 2. The molecule has 1 rings (SSSR count). The molecular weight excluding hydrogens is 457 g/mol. The predicted octanol–water partition coefficient (Wildman–Crippen LogP) is 2.52. The second kappa shape index (κ2) is 12.2. The van der Waals surface area contributed by atoms with E-state index in [1.807, 2.05) is 32.0 Å². The first-order valence-electron chi connectivity index (χ1n) is 7.93. The second-order valence-corrected chi connectivity index (χ2v) is 7.43. The molecule has 2 N–H and O–H groups in total. The maximum Gasteiger partial charge on any atom is 0.195 e. The average molecular weight is 485 g/mol. The van der Waals surface area contributed by atoms with E-state index in [-0.39, 0.29) is 29.7 Å². The summed E-state index contributed by atoms with van der Waals surface area (Å²) in [5.74, 6) is 2.04. The van der Waals surface area contributed by atoms with Crippen LogP contribution in [0.15, 0.2) is 23.2 Å². The van der Waals surface area contributed by atoms with Crippen LogP contribution >= 0.6 is 24.0 Å². The van der Waals surface area contributed by atoms with Gasteiger partial charge in [-0.3, -0.25) is 4.99 Å². The molecule has 144 valence electrons. The highest BCUT2D eigenvalue weighted by Crippen LogP contribution is 2.30. The van der Waals surface area contributed by atoms with E-state index >= 15 is 0 Å². The van der Waals surface area contributed by atoms with Gasteiger partial charge in [0, 0.05) is 31.1 Å². The smallest absolute Gasteiger partial charge is 0.195 e. The Kier molecular flexibility index (Phi) is 11.6. The Balaban J connectivity index is 0.00000576. The quantitative estimate of drug-likeness (QED) is 0.242. The lowest BCUT2D eigenvalue weighted by Crippen LogP contribution is -2.30. The molecular formula is C16H28IN3O4S. The van der Waals surface area contributed by atoms with Gasteiger partial charge in [-0.2, -0.15) is 0 Å². The number of anilines is 1. The minimum atomic E-state index is -2.95. The van der Waals surface area contributed by atoms with Gasteiger partial charge in [0.05, 0.1) is 19.5 Å². The fraction of sp³-hybridized carbons (Fsp3) is 0.562. The summed E-state index contributed by atoms with van der Waals surface area (Å²) >= 11 is 0. The number of hydrogen-bond acceptors (Lipinski definition) is 5. The molecule has 0 aliphatic carbocycles. The summed E-state index contributed by atoms with van der Waals surface area (Å²) in [6.45, 7) is 5.57. The lowest BCUT2D eigenvalue weighted by Gasteiger charge is -2.14. The summed E-state index contributed by atoms with van der Waals surface area (Å²) in [5, 5.41) is 6.30. The van der Waals surface area contributed by atoms with Gasteiger partial charge in [-0.25, -0.2) is 8.42 Å². The molecule has 25 heavy (non-hydrogen) atoms. The van der Waals surface area contributed by atoms with Crippen molar-refractivity contribution in [2.75, 3.05) is 44.1 Å². The van der Waals surface area contributed by atoms with E-state index in [1.165, 1.54) is 6.26 Å². The van der Waals surface area contributed by atoms with Crippen LogP contribution < -0.4 is 20.1 Å². The highest BCUT2D eigenvalue weighted by molar-refractivity contribution is 14.0. The molecule has 0 aliphatic rings. The van der Waals surface area contributed by atoms with Crippen molar-refractivity contribution in [2.24, 2.45) is 4.99 Å². The molecule has 0 atom stereocenters. The summed E-state index contributed by atoms with van der Waals surface area (Å²) in [6, 6.07) is 5.53. The summed E-state index contributed by atoms with van der Waals surface area (Å²) < 4.78 is 33.1. The molecule has 1 aromatic carbocycles. The van der Waals surface area contributed by atoms with Gasteiger partial charge in [0.25, 0.3) is 0 Å². The van der Waals surface area contributed by atoms with Crippen LogP contribution in [0, 0.1) is 0 Å². The van der Waals surface area contributed by atoms with Crippen molar-refractivity contribution in [1.82, 2.24) is 5.32 Å². The van der Waals surface area contributed by atoms with Crippen LogP contribution in [-0.4, -0.2) is 53.2 Å². The van der Waals surface area contributed by atoms with Gasteiger partial charge in [0.2, 0.25) is 0 Å². The Labute approximate surface area is 167 Å². The summed E-state index contributed by atoms with van der Waals surface area (Å²) in [4.78, 5) is 4.38. The molecule has 0 aromatic heterocycles. The number of benzene rings is 1. The van der Waals surface area contributed by atoms with Crippen molar-refractivity contribution in [3.05, 3.63) is 18.2 Å². The van der Waals surface area contributed by atoms with Crippen LogP contribution in [0.5, 0.6) is 11.5 Å². The van der Waals surface area contributed by atoms with E-state index in [4.69, 9.17) is 9.47 Å². The van der Waals surface area contributed by atoms with Crippen molar-refractivity contribution in [1.29, 1.82) is 0 Å². The SMILES string of the molecule is CCNC(=NCCCS(C)(=O)=O)Nc1ccc(OCC)c(OC)c1.I. The highest BCUT2D eigenvalue weighted by atomic mass is 127. The van der Waals surface area contributed by atoms with Gasteiger partial charge >= 0.3 is 0 Å². The topological polar surface area (TPSA) is 89.0 Å². The minimum absolute atomic E-state index is 0. The molecule has 0 unspecified atom stereocenters. The van der Waals surface area contributed by atoms with E-state index in [2.05, 4.69) is 15.6 Å². The number of methoxy groups -OCH3 is 1. The third-order valence-corrected chi connectivity index (χ3v) is 4.04. The first-order chi connectivity index (χ1) is 11.4. The molecule has 0 heterocycles. The summed E-state index contributed by atoms with van der Waals surface area (Å²) in [7, 11) is -1.36. The Morgan fingerprint density at radius 2 is 1.96 bits per heavy atom. The molecule has 0 fully saturated rings. The Hall–Kier alpha value is -1.23. The van der Waals surface area contributed by atoms with Crippen LogP contribution in [0.3, 0.4) is 0 Å². The van der Waals surface area contributed by atoms with Crippen LogP contribution in [0.1, 0.15) is 20.3 Å². The van der Waals surface area contributed by atoms with Gasteiger partial charge in [-0.1, -0.05) is 0 Å². The van der Waals surface area contributed by atoms with Crippen LogP contribution in [-0.2, 0) is 9.84 Å². The average Bonchev–Trinajstić information content (AvgIpc) is 2.52. The van der Waals surface area contributed by atoms with E-state index in [0.29, 0.717) is 43.6 Å². The molecule has 0 saturated carbocycles. The maximum atomic E-state index is 11.1. The first kappa shape index (κ1) is 23.8. The zero-order valence-electron chi connectivity index (χ0n) is 15.2. The number of nitrogens with zero attached hydrogens (tertiary/aromatic N) is 1. The van der Waals surface area contributed by atoms with Crippen LogP contribution in [0.4, 0.5) is 5.69 Å². The van der Waals surface area contributed by atoms with E-state index in [0.717, 1.165) is 5.69 Å². The first-order valence-corrected chi connectivity index (χ1v) is 9.99. The molecule has 1 aromatic rings. The second-order valence-electron chi connectivity index (χ2n) is 5.17. The van der Waals surface area contributed by atoms with Crippen molar-refractivity contribution in [2.45, 2.75) is 20.3 Å². The van der Waals surface area contributed by atoms with E-state index < -0.39 is 9.84 Å². The molecule has 0 spiro atoms. The minimum Gasteiger partial charge on any atom is -0.493 e. The molecule has 9 heteroatoms. The summed E-state index contributed by atoms with van der Waals surface area (Å²) in [5.41, 5.74) is 0.804. The van der Waals surface area contributed by atoms with Gasteiger partial charge in [-0.15, -0.1) is 24.0 Å². The number of halogens is 1. The predicted molar refractivity (Wildman–Crippen MR) is 114 cm³/mol. The third-order valence-electron chi connectivity index (χ3n) is 3.01. The standard InChI is InChI=1S/C16H27N3O4S.HI/c1-5-17-16(18-10-7-11-24(4,20)21)19-13-8-9-14(23-6-2)15(12-13)22-3;/h8-9,12H,5-7,10-11H2,1-4H3,(H2,17,18,19);1H. The summed E-state index contributed by atoms with van der Waals surface area (Å²) in [6.07, 6.45) is 1.72. The van der Waals surface area contributed by atoms with Crippen LogP contribution in [0.2, 0.25) is 0 Å². The zero-order valence-corrected chi connectivity index (χ0v) is 18.3. The Bertz CT molecular complexity index is 651. The number of rotatable bonds is 9. The van der Waals surface area contributed by atoms with Crippen molar-refractivity contribution in [3.8, 4) is 11.5 Å². The monoisotopic (exact) mass is 485 g/mol. The molecule has 0 amide bonds.